The lowest BCUT2D eigenvalue weighted by Gasteiger charge is -2.36. The lowest BCUT2D eigenvalue weighted by atomic mass is 9.97. The molecular weight excluding hydrogens is 473 g/mol. The Morgan fingerprint density at radius 1 is 1.11 bits per heavy atom. The van der Waals surface area contributed by atoms with E-state index in [1.165, 1.54) is 10.4 Å². The summed E-state index contributed by atoms with van der Waals surface area (Å²) in [5.74, 6) is -0.0917. The fourth-order valence-electron chi connectivity index (χ4n) is 4.91. The Morgan fingerprint density at radius 3 is 2.43 bits per heavy atom. The number of piperidine rings is 1. The zero-order valence-corrected chi connectivity index (χ0v) is 21.2. The first-order valence-electron chi connectivity index (χ1n) is 12.2. The summed E-state index contributed by atoms with van der Waals surface area (Å²) in [7, 11) is -3.67. The normalized spacial score (nSPS) is 18.7. The fraction of sp³-hybridized carbons (Fsp3) is 0.583. The quantitative estimate of drug-likeness (QED) is 0.547. The maximum atomic E-state index is 14.0. The van der Waals surface area contributed by atoms with Crippen LogP contribution in [0.3, 0.4) is 0 Å². The number of rotatable bonds is 8. The number of hydrogen-bond donors (Lipinski definition) is 1. The van der Waals surface area contributed by atoms with Crippen molar-refractivity contribution in [3.8, 4) is 0 Å². The molecule has 1 N–H and O–H groups in total. The summed E-state index contributed by atoms with van der Waals surface area (Å²) in [5, 5.41) is 6.77. The summed E-state index contributed by atoms with van der Waals surface area (Å²) in [6.07, 6.45) is 1.82. The zero-order chi connectivity index (χ0) is 25.0. The van der Waals surface area contributed by atoms with Crippen LogP contribution in [0, 0.1) is 25.6 Å². The van der Waals surface area contributed by atoms with Gasteiger partial charge in [-0.15, -0.1) is 0 Å². The number of amides is 1. The van der Waals surface area contributed by atoms with Crippen LogP contribution in [0.4, 0.5) is 10.1 Å². The topological polar surface area (TPSA) is 99.0 Å². The van der Waals surface area contributed by atoms with Crippen molar-refractivity contribution in [2.45, 2.75) is 38.0 Å². The fourth-order valence-corrected chi connectivity index (χ4v) is 6.67. The number of aromatic nitrogens is 1. The molecule has 0 spiro atoms. The van der Waals surface area contributed by atoms with E-state index in [1.54, 1.807) is 19.9 Å². The number of hydrogen-bond acceptors (Lipinski definition) is 7. The van der Waals surface area contributed by atoms with Crippen molar-refractivity contribution in [2.75, 3.05) is 57.3 Å². The van der Waals surface area contributed by atoms with E-state index in [4.69, 9.17) is 4.52 Å². The molecule has 11 heteroatoms. The van der Waals surface area contributed by atoms with E-state index in [2.05, 4.69) is 20.3 Å². The molecule has 2 fully saturated rings. The SMILES string of the molecule is Cc1noc(C)c1S(=O)(=O)N1CCC(C(=O)NCCCN2CCN(c3ccccc3F)CC2)CC1. The van der Waals surface area contributed by atoms with Crippen molar-refractivity contribution < 1.29 is 22.1 Å². The molecular formula is C24H34FN5O4S. The van der Waals surface area contributed by atoms with Gasteiger partial charge < -0.3 is 14.7 Å². The van der Waals surface area contributed by atoms with E-state index in [-0.39, 0.29) is 28.3 Å². The van der Waals surface area contributed by atoms with Gasteiger partial charge in [0, 0.05) is 51.7 Å². The average Bonchev–Trinajstić information content (AvgIpc) is 3.21. The molecule has 192 valence electrons. The second-order valence-corrected chi connectivity index (χ2v) is 11.1. The first-order chi connectivity index (χ1) is 16.8. The number of sulfonamides is 1. The third-order valence-corrected chi connectivity index (χ3v) is 9.05. The number of nitrogens with zero attached hydrogens (tertiary/aromatic N) is 4. The number of carbonyl (C=O) groups is 1. The number of carbonyl (C=O) groups excluding carboxylic acids is 1. The molecule has 2 aromatic rings. The van der Waals surface area contributed by atoms with Gasteiger partial charge in [-0.25, -0.2) is 12.8 Å². The largest absolute Gasteiger partial charge is 0.367 e. The molecule has 0 radical (unpaired) electrons. The number of benzene rings is 1. The standard InChI is InChI=1S/C24H34FN5O4S/c1-18-23(19(2)34-27-18)35(32,33)30-12-8-20(9-13-30)24(31)26-10-5-11-28-14-16-29(17-15-28)22-7-4-3-6-21(22)25/h3-4,6-7,20H,5,8-17H2,1-2H3,(H,26,31). The predicted octanol–water partition coefficient (Wildman–Crippen LogP) is 2.16. The van der Waals surface area contributed by atoms with E-state index in [9.17, 15) is 17.6 Å². The first kappa shape index (κ1) is 25.6. The molecule has 1 amide bonds. The van der Waals surface area contributed by atoms with Gasteiger partial charge in [0.05, 0.1) is 5.69 Å². The molecule has 0 bridgehead atoms. The second-order valence-electron chi connectivity index (χ2n) is 9.26. The minimum absolute atomic E-state index is 0.0104. The van der Waals surface area contributed by atoms with E-state index in [0.29, 0.717) is 43.9 Å². The number of anilines is 1. The van der Waals surface area contributed by atoms with Crippen molar-refractivity contribution >= 4 is 21.6 Å². The highest BCUT2D eigenvalue weighted by molar-refractivity contribution is 7.89. The number of nitrogens with one attached hydrogen (secondary N) is 1. The Morgan fingerprint density at radius 2 is 1.80 bits per heavy atom. The van der Waals surface area contributed by atoms with Gasteiger partial charge in [0.2, 0.25) is 15.9 Å². The molecule has 0 saturated carbocycles. The van der Waals surface area contributed by atoms with Gasteiger partial charge in [0.1, 0.15) is 16.4 Å². The van der Waals surface area contributed by atoms with Crippen LogP contribution < -0.4 is 10.2 Å². The summed E-state index contributed by atoms with van der Waals surface area (Å²) in [6, 6.07) is 6.87. The third kappa shape index (κ3) is 5.84. The Kier molecular flexibility index (Phi) is 8.08. The number of piperazine rings is 1. The molecule has 35 heavy (non-hydrogen) atoms. The van der Waals surface area contributed by atoms with Crippen molar-refractivity contribution in [1.29, 1.82) is 0 Å². The van der Waals surface area contributed by atoms with E-state index >= 15 is 0 Å². The van der Waals surface area contributed by atoms with Crippen LogP contribution in [0.5, 0.6) is 0 Å². The molecule has 2 saturated heterocycles. The highest BCUT2D eigenvalue weighted by atomic mass is 32.2. The Labute approximate surface area is 206 Å². The highest BCUT2D eigenvalue weighted by Gasteiger charge is 2.35. The Balaban J connectivity index is 1.15. The molecule has 9 nitrogen and oxygen atoms in total. The summed E-state index contributed by atoms with van der Waals surface area (Å²) in [5.41, 5.74) is 1.01. The number of halogens is 1. The Bertz CT molecular complexity index is 1100. The maximum Gasteiger partial charge on any atom is 0.248 e. The highest BCUT2D eigenvalue weighted by Crippen LogP contribution is 2.27. The number of para-hydroxylation sites is 1. The van der Waals surface area contributed by atoms with Crippen LogP contribution in [0.1, 0.15) is 30.7 Å². The molecule has 0 aliphatic carbocycles. The molecule has 0 unspecified atom stereocenters. The molecule has 2 aliphatic rings. The summed E-state index contributed by atoms with van der Waals surface area (Å²) in [6.45, 7) is 8.56. The smallest absolute Gasteiger partial charge is 0.248 e. The molecule has 1 aromatic heterocycles. The minimum atomic E-state index is -3.67. The van der Waals surface area contributed by atoms with Crippen molar-refractivity contribution in [1.82, 2.24) is 19.7 Å². The van der Waals surface area contributed by atoms with Crippen LogP contribution in [0.25, 0.3) is 0 Å². The van der Waals surface area contributed by atoms with Crippen molar-refractivity contribution in [3.05, 3.63) is 41.5 Å². The third-order valence-electron chi connectivity index (χ3n) is 6.91. The summed E-state index contributed by atoms with van der Waals surface area (Å²) in [4.78, 5) is 17.2. The van der Waals surface area contributed by atoms with Crippen molar-refractivity contribution in [2.24, 2.45) is 5.92 Å². The van der Waals surface area contributed by atoms with Gasteiger partial charge >= 0.3 is 0 Å². The van der Waals surface area contributed by atoms with Crippen molar-refractivity contribution in [3.63, 3.8) is 0 Å². The lowest BCUT2D eigenvalue weighted by Crippen LogP contribution is -2.47. The van der Waals surface area contributed by atoms with Crippen LogP contribution in [0.15, 0.2) is 33.7 Å². The summed E-state index contributed by atoms with van der Waals surface area (Å²) < 4.78 is 46.3. The molecule has 3 heterocycles. The number of aryl methyl sites for hydroxylation is 2. The summed E-state index contributed by atoms with van der Waals surface area (Å²) >= 11 is 0. The molecule has 4 rings (SSSR count). The lowest BCUT2D eigenvalue weighted by molar-refractivity contribution is -0.126. The second kappa shape index (κ2) is 11.0. The molecule has 1 aromatic carbocycles. The zero-order valence-electron chi connectivity index (χ0n) is 20.4. The Hall–Kier alpha value is -2.50. The first-order valence-corrected chi connectivity index (χ1v) is 13.6. The van der Waals surface area contributed by atoms with Crippen LogP contribution in [0.2, 0.25) is 0 Å². The van der Waals surface area contributed by atoms with Crippen LogP contribution in [-0.2, 0) is 14.8 Å². The van der Waals surface area contributed by atoms with Gasteiger partial charge in [-0.1, -0.05) is 17.3 Å². The van der Waals surface area contributed by atoms with Gasteiger partial charge in [0.15, 0.2) is 5.76 Å². The van der Waals surface area contributed by atoms with Gasteiger partial charge in [-0.3, -0.25) is 9.69 Å². The van der Waals surface area contributed by atoms with Crippen LogP contribution >= 0.6 is 0 Å². The van der Waals surface area contributed by atoms with Gasteiger partial charge in [-0.05, 0) is 51.8 Å². The average molecular weight is 508 g/mol. The van der Waals surface area contributed by atoms with Gasteiger partial charge in [0.25, 0.3) is 0 Å². The van der Waals surface area contributed by atoms with E-state index in [0.717, 1.165) is 39.1 Å². The molecule has 0 atom stereocenters. The molecule has 2 aliphatic heterocycles. The minimum Gasteiger partial charge on any atom is -0.367 e. The monoisotopic (exact) mass is 507 g/mol. The van der Waals surface area contributed by atoms with Crippen LogP contribution in [-0.4, -0.2) is 81.0 Å². The van der Waals surface area contributed by atoms with Gasteiger partial charge in [-0.2, -0.15) is 4.31 Å². The van der Waals surface area contributed by atoms with E-state index < -0.39 is 10.0 Å². The predicted molar refractivity (Wildman–Crippen MR) is 130 cm³/mol. The maximum absolute atomic E-state index is 14.0. The van der Waals surface area contributed by atoms with E-state index in [1.807, 2.05) is 12.1 Å².